The van der Waals surface area contributed by atoms with Crippen molar-refractivity contribution in [1.29, 1.82) is 0 Å². The minimum absolute atomic E-state index is 0.0493. The molecule has 5 heteroatoms. The third kappa shape index (κ3) is 2.30. The summed E-state index contributed by atoms with van der Waals surface area (Å²) in [5.74, 6) is -0.330. The number of aliphatic hydroxyl groups excluding tert-OH is 1. The van der Waals surface area contributed by atoms with E-state index in [0.717, 1.165) is 4.90 Å². The van der Waals surface area contributed by atoms with E-state index < -0.39 is 6.04 Å². The van der Waals surface area contributed by atoms with Gasteiger partial charge >= 0.3 is 0 Å². The molecule has 5 nitrogen and oxygen atoms in total. The smallest absolute Gasteiger partial charge is 0.246 e. The molecule has 0 aromatic rings. The fraction of sp³-hybridized carbons (Fsp3) is 0.778. The van der Waals surface area contributed by atoms with E-state index in [4.69, 9.17) is 5.11 Å². The molecule has 14 heavy (non-hydrogen) atoms. The second-order valence-corrected chi connectivity index (χ2v) is 3.63. The average Bonchev–Trinajstić information content (AvgIpc) is 2.34. The van der Waals surface area contributed by atoms with E-state index in [-0.39, 0.29) is 30.9 Å². The maximum Gasteiger partial charge on any atom is 0.246 e. The lowest BCUT2D eigenvalue weighted by molar-refractivity contribution is -0.137. The number of hydrogen-bond donors (Lipinski definition) is 2. The zero-order valence-corrected chi connectivity index (χ0v) is 8.49. The molecule has 1 aliphatic heterocycles. The SMILES string of the molecule is CC(CCO)NC1CC(=O)N(C)C1=O. The quantitative estimate of drug-likeness (QED) is 0.577. The fourth-order valence-corrected chi connectivity index (χ4v) is 1.51. The molecular weight excluding hydrogens is 184 g/mol. The molecule has 1 rings (SSSR count). The van der Waals surface area contributed by atoms with Crippen LogP contribution >= 0.6 is 0 Å². The molecule has 1 fully saturated rings. The van der Waals surface area contributed by atoms with Crippen LogP contribution in [0.15, 0.2) is 0 Å². The number of carbonyl (C=O) groups excluding carboxylic acids is 2. The van der Waals surface area contributed by atoms with Gasteiger partial charge in [-0.05, 0) is 13.3 Å². The summed E-state index contributed by atoms with van der Waals surface area (Å²) in [7, 11) is 1.49. The predicted molar refractivity (Wildman–Crippen MR) is 50.5 cm³/mol. The van der Waals surface area contributed by atoms with Gasteiger partial charge in [0, 0.05) is 19.7 Å². The third-order valence-corrected chi connectivity index (χ3v) is 2.43. The highest BCUT2D eigenvalue weighted by molar-refractivity contribution is 6.05. The number of amides is 2. The van der Waals surface area contributed by atoms with Crippen molar-refractivity contribution in [1.82, 2.24) is 10.2 Å². The van der Waals surface area contributed by atoms with Gasteiger partial charge in [-0.2, -0.15) is 0 Å². The van der Waals surface area contributed by atoms with Crippen LogP contribution in [0.3, 0.4) is 0 Å². The number of imide groups is 1. The summed E-state index contributed by atoms with van der Waals surface area (Å²) < 4.78 is 0. The Morgan fingerprint density at radius 2 is 2.29 bits per heavy atom. The minimum atomic E-state index is -0.408. The van der Waals surface area contributed by atoms with E-state index in [2.05, 4.69) is 5.32 Å². The Kier molecular flexibility index (Phi) is 3.60. The van der Waals surface area contributed by atoms with E-state index in [0.29, 0.717) is 6.42 Å². The molecule has 2 amide bonds. The van der Waals surface area contributed by atoms with Crippen LogP contribution in [0.1, 0.15) is 19.8 Å². The minimum Gasteiger partial charge on any atom is -0.396 e. The summed E-state index contributed by atoms with van der Waals surface area (Å²) in [6, 6.07) is -0.359. The molecule has 1 aliphatic rings. The van der Waals surface area contributed by atoms with Crippen molar-refractivity contribution < 1.29 is 14.7 Å². The van der Waals surface area contributed by atoms with Crippen molar-refractivity contribution in [2.75, 3.05) is 13.7 Å². The molecule has 0 bridgehead atoms. The lowest BCUT2D eigenvalue weighted by Crippen LogP contribution is -2.42. The molecule has 0 aliphatic carbocycles. The zero-order chi connectivity index (χ0) is 10.7. The molecule has 2 unspecified atom stereocenters. The second-order valence-electron chi connectivity index (χ2n) is 3.63. The van der Waals surface area contributed by atoms with Gasteiger partial charge in [-0.3, -0.25) is 14.5 Å². The standard InChI is InChI=1S/C9H16N2O3/c1-6(3-4-12)10-7-5-8(13)11(2)9(7)14/h6-7,10,12H,3-5H2,1-2H3. The van der Waals surface area contributed by atoms with Gasteiger partial charge in [0.2, 0.25) is 11.8 Å². The van der Waals surface area contributed by atoms with Crippen LogP contribution < -0.4 is 5.32 Å². The second kappa shape index (κ2) is 4.52. The van der Waals surface area contributed by atoms with Crippen molar-refractivity contribution in [3.05, 3.63) is 0 Å². The van der Waals surface area contributed by atoms with E-state index >= 15 is 0 Å². The van der Waals surface area contributed by atoms with Crippen molar-refractivity contribution in [2.24, 2.45) is 0 Å². The van der Waals surface area contributed by atoms with Crippen LogP contribution in [0.4, 0.5) is 0 Å². The Hall–Kier alpha value is -0.940. The van der Waals surface area contributed by atoms with E-state index in [9.17, 15) is 9.59 Å². The molecule has 1 heterocycles. The molecular formula is C9H16N2O3. The zero-order valence-electron chi connectivity index (χ0n) is 8.49. The number of aliphatic hydroxyl groups is 1. The van der Waals surface area contributed by atoms with Gasteiger partial charge in [-0.15, -0.1) is 0 Å². The van der Waals surface area contributed by atoms with Crippen LogP contribution in [0.2, 0.25) is 0 Å². The molecule has 0 aromatic heterocycles. The van der Waals surface area contributed by atoms with Gasteiger partial charge in [-0.25, -0.2) is 0 Å². The number of hydrogen-bond acceptors (Lipinski definition) is 4. The summed E-state index contributed by atoms with van der Waals surface area (Å²) in [5, 5.41) is 11.7. The maximum atomic E-state index is 11.4. The first-order valence-electron chi connectivity index (χ1n) is 4.73. The Labute approximate surface area is 83.1 Å². The number of likely N-dealkylation sites (N-methyl/N-ethyl adjacent to an activating group) is 1. The third-order valence-electron chi connectivity index (χ3n) is 2.43. The highest BCUT2D eigenvalue weighted by atomic mass is 16.3. The van der Waals surface area contributed by atoms with Crippen LogP contribution in [0, 0.1) is 0 Å². The van der Waals surface area contributed by atoms with Gasteiger partial charge in [-0.1, -0.05) is 0 Å². The summed E-state index contributed by atoms with van der Waals surface area (Å²) in [6.07, 6.45) is 0.812. The first kappa shape index (κ1) is 11.1. The molecule has 1 saturated heterocycles. The van der Waals surface area contributed by atoms with Gasteiger partial charge in [0.15, 0.2) is 0 Å². The van der Waals surface area contributed by atoms with E-state index in [1.54, 1.807) is 0 Å². The number of carbonyl (C=O) groups is 2. The summed E-state index contributed by atoms with van der Waals surface area (Å²) >= 11 is 0. The summed E-state index contributed by atoms with van der Waals surface area (Å²) in [6.45, 7) is 1.96. The van der Waals surface area contributed by atoms with Crippen LogP contribution in [-0.4, -0.2) is 47.6 Å². The fourth-order valence-electron chi connectivity index (χ4n) is 1.51. The van der Waals surface area contributed by atoms with Gasteiger partial charge in [0.1, 0.15) is 0 Å². The maximum absolute atomic E-state index is 11.4. The number of nitrogens with one attached hydrogen (secondary N) is 1. The normalized spacial score (nSPS) is 24.5. The predicted octanol–water partition coefficient (Wildman–Crippen LogP) is -0.896. The largest absolute Gasteiger partial charge is 0.396 e. The first-order valence-corrected chi connectivity index (χ1v) is 4.73. The van der Waals surface area contributed by atoms with Gasteiger partial charge in [0.25, 0.3) is 0 Å². The van der Waals surface area contributed by atoms with Gasteiger partial charge < -0.3 is 10.4 Å². The van der Waals surface area contributed by atoms with Crippen molar-refractivity contribution in [3.63, 3.8) is 0 Å². The average molecular weight is 200 g/mol. The lowest BCUT2D eigenvalue weighted by Gasteiger charge is -2.16. The number of likely N-dealkylation sites (tertiary alicyclic amines) is 1. The van der Waals surface area contributed by atoms with Crippen molar-refractivity contribution in [2.45, 2.75) is 31.8 Å². The molecule has 0 spiro atoms. The molecule has 2 N–H and O–H groups in total. The number of rotatable bonds is 4. The molecule has 2 atom stereocenters. The Morgan fingerprint density at radius 1 is 1.64 bits per heavy atom. The van der Waals surface area contributed by atoms with Crippen molar-refractivity contribution >= 4 is 11.8 Å². The van der Waals surface area contributed by atoms with Gasteiger partial charge in [0.05, 0.1) is 12.5 Å². The molecule has 0 saturated carbocycles. The van der Waals surface area contributed by atoms with Crippen LogP contribution in [0.25, 0.3) is 0 Å². The molecule has 80 valence electrons. The topological polar surface area (TPSA) is 69.6 Å². The first-order chi connectivity index (χ1) is 6.56. The monoisotopic (exact) mass is 200 g/mol. The molecule has 0 aromatic carbocycles. The number of nitrogens with zero attached hydrogens (tertiary/aromatic N) is 1. The van der Waals surface area contributed by atoms with E-state index in [1.807, 2.05) is 6.92 Å². The molecule has 0 radical (unpaired) electrons. The highest BCUT2D eigenvalue weighted by Gasteiger charge is 2.36. The Balaban J connectivity index is 2.47. The van der Waals surface area contributed by atoms with Crippen molar-refractivity contribution in [3.8, 4) is 0 Å². The van der Waals surface area contributed by atoms with Crippen LogP contribution in [0.5, 0.6) is 0 Å². The van der Waals surface area contributed by atoms with E-state index in [1.165, 1.54) is 7.05 Å². The Bertz CT molecular complexity index is 242. The Morgan fingerprint density at radius 3 is 2.71 bits per heavy atom. The summed E-state index contributed by atoms with van der Waals surface area (Å²) in [4.78, 5) is 23.7. The van der Waals surface area contributed by atoms with Crippen LogP contribution in [-0.2, 0) is 9.59 Å². The highest BCUT2D eigenvalue weighted by Crippen LogP contribution is 2.11. The summed E-state index contributed by atoms with van der Waals surface area (Å²) in [5.41, 5.74) is 0. The lowest BCUT2D eigenvalue weighted by atomic mass is 10.2.